The van der Waals surface area contributed by atoms with Gasteiger partial charge in [-0.3, -0.25) is 9.78 Å². The Morgan fingerprint density at radius 2 is 2.12 bits per heavy atom. The average Bonchev–Trinajstić information content (AvgIpc) is 2.78. The number of nitrogens with zero attached hydrogens (tertiary/aromatic N) is 1. The van der Waals surface area contributed by atoms with Gasteiger partial charge in [0, 0.05) is 17.2 Å². The lowest BCUT2D eigenvalue weighted by Gasteiger charge is -2.25. The zero-order valence-electron chi connectivity index (χ0n) is 9.50. The van der Waals surface area contributed by atoms with Crippen molar-refractivity contribution in [2.24, 2.45) is 5.41 Å². The Morgan fingerprint density at radius 3 is 2.69 bits per heavy atom. The van der Waals surface area contributed by atoms with Gasteiger partial charge in [0.15, 0.2) is 5.78 Å². The van der Waals surface area contributed by atoms with Gasteiger partial charge in [-0.25, -0.2) is 4.39 Å². The summed E-state index contributed by atoms with van der Waals surface area (Å²) in [5.41, 5.74) is 0.166. The molecule has 2 rings (SSSR count). The second-order valence-corrected chi connectivity index (χ2v) is 4.56. The molecule has 3 heteroatoms. The van der Waals surface area contributed by atoms with Gasteiger partial charge in [-0.1, -0.05) is 19.8 Å². The number of carbonyl (C=O) groups is 1. The van der Waals surface area contributed by atoms with Crippen LogP contribution < -0.4 is 0 Å². The second-order valence-electron chi connectivity index (χ2n) is 4.56. The van der Waals surface area contributed by atoms with Crippen molar-refractivity contribution in [3.8, 4) is 0 Å². The number of aromatic nitrogens is 1. The highest BCUT2D eigenvalue weighted by molar-refractivity contribution is 6.00. The molecule has 1 aliphatic carbocycles. The minimum Gasteiger partial charge on any atom is -0.293 e. The first-order valence-electron chi connectivity index (χ1n) is 5.83. The number of carbonyl (C=O) groups excluding carboxylic acids is 1. The smallest absolute Gasteiger partial charge is 0.170 e. The summed E-state index contributed by atoms with van der Waals surface area (Å²) in [4.78, 5) is 16.1. The van der Waals surface area contributed by atoms with Gasteiger partial charge in [-0.05, 0) is 25.3 Å². The van der Waals surface area contributed by atoms with E-state index in [1.807, 2.05) is 6.92 Å². The zero-order valence-corrected chi connectivity index (χ0v) is 9.50. The van der Waals surface area contributed by atoms with Gasteiger partial charge in [0.05, 0.1) is 6.20 Å². The quantitative estimate of drug-likeness (QED) is 0.732. The van der Waals surface area contributed by atoms with Gasteiger partial charge >= 0.3 is 0 Å². The molecule has 16 heavy (non-hydrogen) atoms. The number of hydrogen-bond acceptors (Lipinski definition) is 2. The first-order chi connectivity index (χ1) is 7.68. The maximum absolute atomic E-state index is 13.0. The molecule has 0 spiro atoms. The number of Topliss-reactive ketones (excluding diaryl/α,β-unsaturated/α-hetero) is 1. The third-order valence-electron chi connectivity index (χ3n) is 3.69. The summed E-state index contributed by atoms with van der Waals surface area (Å²) in [6.07, 6.45) is 7.50. The summed E-state index contributed by atoms with van der Waals surface area (Å²) in [6, 6.07) is 1.30. The number of rotatable bonds is 3. The van der Waals surface area contributed by atoms with Gasteiger partial charge in [0.1, 0.15) is 5.82 Å². The van der Waals surface area contributed by atoms with Crippen molar-refractivity contribution in [3.05, 3.63) is 29.8 Å². The average molecular weight is 221 g/mol. The molecule has 0 bridgehead atoms. The van der Waals surface area contributed by atoms with Gasteiger partial charge < -0.3 is 0 Å². The first kappa shape index (κ1) is 11.2. The van der Waals surface area contributed by atoms with Crippen molar-refractivity contribution in [2.75, 3.05) is 0 Å². The van der Waals surface area contributed by atoms with Crippen LogP contribution in [0, 0.1) is 11.2 Å². The van der Waals surface area contributed by atoms with E-state index in [1.54, 1.807) is 0 Å². The van der Waals surface area contributed by atoms with E-state index in [1.165, 1.54) is 12.3 Å². The molecule has 0 unspecified atom stereocenters. The van der Waals surface area contributed by atoms with Crippen molar-refractivity contribution in [1.82, 2.24) is 4.98 Å². The van der Waals surface area contributed by atoms with Crippen LogP contribution in [0.3, 0.4) is 0 Å². The standard InChI is InChI=1S/C13H16FNO/c1-2-13(5-3-4-6-13)12(16)10-7-11(14)9-15-8-10/h7-9H,2-6H2,1H3. The number of pyridine rings is 1. The highest BCUT2D eigenvalue weighted by Gasteiger charge is 2.39. The van der Waals surface area contributed by atoms with E-state index >= 15 is 0 Å². The van der Waals surface area contributed by atoms with Crippen molar-refractivity contribution in [3.63, 3.8) is 0 Å². The van der Waals surface area contributed by atoms with Crippen LogP contribution in [-0.2, 0) is 0 Å². The highest BCUT2D eigenvalue weighted by Crippen LogP contribution is 2.43. The molecule has 1 saturated carbocycles. The summed E-state index contributed by atoms with van der Waals surface area (Å²) in [7, 11) is 0. The maximum Gasteiger partial charge on any atom is 0.170 e. The van der Waals surface area contributed by atoms with Gasteiger partial charge in [0.2, 0.25) is 0 Å². The predicted molar refractivity (Wildman–Crippen MR) is 59.7 cm³/mol. The van der Waals surface area contributed by atoms with Crippen LogP contribution in [0.2, 0.25) is 0 Å². The summed E-state index contributed by atoms with van der Waals surface area (Å²) in [5, 5.41) is 0. The second kappa shape index (κ2) is 4.32. The Labute approximate surface area is 94.9 Å². The number of halogens is 1. The SMILES string of the molecule is CCC1(C(=O)c2cncc(F)c2)CCCC1. The fourth-order valence-corrected chi connectivity index (χ4v) is 2.64. The van der Waals surface area contributed by atoms with E-state index in [9.17, 15) is 9.18 Å². The number of ketones is 1. The molecule has 0 N–H and O–H groups in total. The fraction of sp³-hybridized carbons (Fsp3) is 0.538. The Morgan fingerprint density at radius 1 is 1.44 bits per heavy atom. The third kappa shape index (κ3) is 1.86. The Hall–Kier alpha value is -1.25. The molecule has 0 atom stereocenters. The molecule has 0 aliphatic heterocycles. The molecule has 0 radical (unpaired) electrons. The zero-order chi connectivity index (χ0) is 11.6. The van der Waals surface area contributed by atoms with Gasteiger partial charge in [-0.15, -0.1) is 0 Å². The minimum absolute atomic E-state index is 0.0690. The molecule has 86 valence electrons. The van der Waals surface area contributed by atoms with Crippen LogP contribution in [0.5, 0.6) is 0 Å². The Kier molecular flexibility index (Phi) is 3.03. The van der Waals surface area contributed by atoms with E-state index in [0.717, 1.165) is 38.3 Å². The summed E-state index contributed by atoms with van der Waals surface area (Å²) >= 11 is 0. The lowest BCUT2D eigenvalue weighted by molar-refractivity contribution is 0.0790. The Bertz CT molecular complexity index is 397. The van der Waals surface area contributed by atoms with Gasteiger partial charge in [-0.2, -0.15) is 0 Å². The largest absolute Gasteiger partial charge is 0.293 e. The van der Waals surface area contributed by atoms with E-state index in [-0.39, 0.29) is 11.2 Å². The molecule has 0 aromatic carbocycles. The summed E-state index contributed by atoms with van der Waals surface area (Å²) < 4.78 is 13.0. The Balaban J connectivity index is 2.30. The third-order valence-corrected chi connectivity index (χ3v) is 3.69. The fourth-order valence-electron chi connectivity index (χ4n) is 2.64. The molecule has 0 amide bonds. The lowest BCUT2D eigenvalue weighted by atomic mass is 9.77. The molecule has 1 heterocycles. The highest BCUT2D eigenvalue weighted by atomic mass is 19.1. The minimum atomic E-state index is -0.435. The summed E-state index contributed by atoms with van der Waals surface area (Å²) in [6.45, 7) is 2.04. The molecule has 1 fully saturated rings. The predicted octanol–water partition coefficient (Wildman–Crippen LogP) is 3.37. The van der Waals surface area contributed by atoms with Crippen LogP contribution in [0.1, 0.15) is 49.4 Å². The molecule has 2 nitrogen and oxygen atoms in total. The summed E-state index contributed by atoms with van der Waals surface area (Å²) in [5.74, 6) is -0.366. The number of hydrogen-bond donors (Lipinski definition) is 0. The molecular formula is C13H16FNO. The first-order valence-corrected chi connectivity index (χ1v) is 5.83. The van der Waals surface area contributed by atoms with Crippen LogP contribution >= 0.6 is 0 Å². The lowest BCUT2D eigenvalue weighted by Crippen LogP contribution is -2.27. The van der Waals surface area contributed by atoms with E-state index < -0.39 is 5.82 Å². The van der Waals surface area contributed by atoms with E-state index in [0.29, 0.717) is 5.56 Å². The van der Waals surface area contributed by atoms with Crippen molar-refractivity contribution >= 4 is 5.78 Å². The normalized spacial score (nSPS) is 18.6. The topological polar surface area (TPSA) is 30.0 Å². The monoisotopic (exact) mass is 221 g/mol. The van der Waals surface area contributed by atoms with E-state index in [2.05, 4.69) is 4.98 Å². The van der Waals surface area contributed by atoms with Crippen molar-refractivity contribution in [1.29, 1.82) is 0 Å². The van der Waals surface area contributed by atoms with Crippen LogP contribution in [-0.4, -0.2) is 10.8 Å². The van der Waals surface area contributed by atoms with Crippen LogP contribution in [0.4, 0.5) is 4.39 Å². The molecule has 1 aromatic heterocycles. The maximum atomic E-state index is 13.0. The van der Waals surface area contributed by atoms with Gasteiger partial charge in [0.25, 0.3) is 0 Å². The molecular weight excluding hydrogens is 205 g/mol. The van der Waals surface area contributed by atoms with Crippen molar-refractivity contribution < 1.29 is 9.18 Å². The van der Waals surface area contributed by atoms with E-state index in [4.69, 9.17) is 0 Å². The molecule has 1 aliphatic rings. The molecule has 1 aromatic rings. The van der Waals surface area contributed by atoms with Crippen molar-refractivity contribution in [2.45, 2.75) is 39.0 Å². The molecule has 0 saturated heterocycles. The van der Waals surface area contributed by atoms with Crippen LogP contribution in [0.25, 0.3) is 0 Å². The van der Waals surface area contributed by atoms with Crippen LogP contribution in [0.15, 0.2) is 18.5 Å².